The third kappa shape index (κ3) is 2.89. The van der Waals surface area contributed by atoms with Crippen LogP contribution < -0.4 is 0 Å². The second kappa shape index (κ2) is 6.48. The first-order valence-electron chi connectivity index (χ1n) is 6.68. The van der Waals surface area contributed by atoms with Crippen LogP contribution in [0.3, 0.4) is 0 Å². The lowest BCUT2D eigenvalue weighted by Crippen LogP contribution is -2.24. The smallest absolute Gasteiger partial charge is 0.0577 e. The number of thiophene rings is 1. The Kier molecular flexibility index (Phi) is 5.14. The Balaban J connectivity index is 0.00000147. The van der Waals surface area contributed by atoms with E-state index in [0.717, 1.165) is 24.5 Å². The minimum absolute atomic E-state index is 0. The van der Waals surface area contributed by atoms with Gasteiger partial charge in [0.25, 0.3) is 0 Å². The Morgan fingerprint density at radius 3 is 2.65 bits per heavy atom. The summed E-state index contributed by atoms with van der Waals surface area (Å²) in [5.41, 5.74) is 2.78. The summed E-state index contributed by atoms with van der Waals surface area (Å²) in [6.45, 7) is 4.30. The zero-order valence-corrected chi connectivity index (χ0v) is 14.1. The van der Waals surface area contributed by atoms with Gasteiger partial charge in [-0.2, -0.15) is 0 Å². The SMILES string of the molecule is Cc1sc2c(c1Cl)CCN(C)CC2c1ccccc1.Cl. The van der Waals surface area contributed by atoms with E-state index in [4.69, 9.17) is 11.6 Å². The quantitative estimate of drug-likeness (QED) is 0.730. The van der Waals surface area contributed by atoms with Gasteiger partial charge < -0.3 is 4.90 Å². The van der Waals surface area contributed by atoms with Gasteiger partial charge in [-0.15, -0.1) is 23.7 Å². The number of halogens is 2. The molecule has 1 unspecified atom stereocenters. The minimum atomic E-state index is 0. The van der Waals surface area contributed by atoms with Gasteiger partial charge in [-0.05, 0) is 31.5 Å². The predicted molar refractivity (Wildman–Crippen MR) is 90.8 cm³/mol. The molecule has 4 heteroatoms. The molecule has 20 heavy (non-hydrogen) atoms. The number of aryl methyl sites for hydroxylation is 1. The van der Waals surface area contributed by atoms with Crippen molar-refractivity contribution in [3.63, 3.8) is 0 Å². The van der Waals surface area contributed by atoms with Crippen molar-refractivity contribution < 1.29 is 0 Å². The molecule has 0 fully saturated rings. The molecular weight excluding hydrogens is 309 g/mol. The molecule has 1 nitrogen and oxygen atoms in total. The molecule has 0 aliphatic carbocycles. The van der Waals surface area contributed by atoms with Crippen LogP contribution in [-0.4, -0.2) is 25.0 Å². The lowest BCUT2D eigenvalue weighted by Gasteiger charge is -2.20. The molecule has 1 aliphatic heterocycles. The van der Waals surface area contributed by atoms with E-state index in [1.807, 2.05) is 11.3 Å². The predicted octanol–water partition coefficient (Wildman–Crippen LogP) is 4.75. The lowest BCUT2D eigenvalue weighted by atomic mass is 9.95. The van der Waals surface area contributed by atoms with Gasteiger partial charge in [-0.1, -0.05) is 41.9 Å². The number of hydrogen-bond acceptors (Lipinski definition) is 2. The molecular formula is C16H19Cl2NS. The van der Waals surface area contributed by atoms with E-state index in [-0.39, 0.29) is 12.4 Å². The standard InChI is InChI=1S/C16H18ClNS.ClH/c1-11-15(17)13-8-9-18(2)10-14(16(13)19-11)12-6-4-3-5-7-12;/h3-7,14H,8-10H2,1-2H3;1H. The molecule has 0 radical (unpaired) electrons. The number of rotatable bonds is 1. The molecule has 0 saturated heterocycles. The Morgan fingerprint density at radius 2 is 1.95 bits per heavy atom. The topological polar surface area (TPSA) is 3.24 Å². The van der Waals surface area contributed by atoms with Crippen molar-refractivity contribution in [2.45, 2.75) is 19.3 Å². The van der Waals surface area contributed by atoms with Gasteiger partial charge in [-0.25, -0.2) is 0 Å². The normalized spacial score (nSPS) is 19.1. The average Bonchev–Trinajstić information content (AvgIpc) is 2.60. The van der Waals surface area contributed by atoms with Crippen LogP contribution in [0, 0.1) is 6.92 Å². The van der Waals surface area contributed by atoms with Crippen molar-refractivity contribution in [2.75, 3.05) is 20.1 Å². The summed E-state index contributed by atoms with van der Waals surface area (Å²) in [5.74, 6) is 0.458. The van der Waals surface area contributed by atoms with E-state index in [2.05, 4.69) is 49.2 Å². The highest BCUT2D eigenvalue weighted by Crippen LogP contribution is 2.41. The van der Waals surface area contributed by atoms with Crippen molar-refractivity contribution in [3.8, 4) is 0 Å². The second-order valence-electron chi connectivity index (χ2n) is 5.29. The molecule has 0 amide bonds. The van der Waals surface area contributed by atoms with Crippen LogP contribution in [0.1, 0.15) is 26.8 Å². The van der Waals surface area contributed by atoms with Gasteiger partial charge >= 0.3 is 0 Å². The van der Waals surface area contributed by atoms with E-state index in [1.165, 1.54) is 20.9 Å². The highest BCUT2D eigenvalue weighted by molar-refractivity contribution is 7.12. The van der Waals surface area contributed by atoms with Gasteiger partial charge in [0, 0.05) is 28.8 Å². The van der Waals surface area contributed by atoms with Crippen LogP contribution >= 0.6 is 35.3 Å². The molecule has 0 bridgehead atoms. The van der Waals surface area contributed by atoms with Crippen LogP contribution in [-0.2, 0) is 6.42 Å². The average molecular weight is 328 g/mol. The summed E-state index contributed by atoms with van der Waals surface area (Å²) >= 11 is 8.37. The Hall–Kier alpha value is -0.540. The van der Waals surface area contributed by atoms with Crippen LogP contribution in [0.4, 0.5) is 0 Å². The maximum atomic E-state index is 6.49. The number of nitrogens with zero attached hydrogens (tertiary/aromatic N) is 1. The van der Waals surface area contributed by atoms with Gasteiger partial charge in [0.1, 0.15) is 0 Å². The molecule has 1 aromatic heterocycles. The Labute approximate surface area is 136 Å². The fourth-order valence-corrected chi connectivity index (χ4v) is 4.43. The van der Waals surface area contributed by atoms with Gasteiger partial charge in [0.15, 0.2) is 0 Å². The summed E-state index contributed by atoms with van der Waals surface area (Å²) in [6.07, 6.45) is 1.07. The summed E-state index contributed by atoms with van der Waals surface area (Å²) in [4.78, 5) is 5.14. The highest BCUT2D eigenvalue weighted by atomic mass is 35.5. The van der Waals surface area contributed by atoms with E-state index in [9.17, 15) is 0 Å². The molecule has 1 aromatic carbocycles. The van der Waals surface area contributed by atoms with Crippen molar-refractivity contribution in [1.29, 1.82) is 0 Å². The van der Waals surface area contributed by atoms with E-state index in [0.29, 0.717) is 5.92 Å². The summed E-state index contributed by atoms with van der Waals surface area (Å²) in [6, 6.07) is 10.8. The first-order chi connectivity index (χ1) is 9.16. The molecule has 2 heterocycles. The first kappa shape index (κ1) is 15.8. The largest absolute Gasteiger partial charge is 0.305 e. The van der Waals surface area contributed by atoms with Gasteiger partial charge in [0.2, 0.25) is 0 Å². The van der Waals surface area contributed by atoms with Crippen molar-refractivity contribution in [1.82, 2.24) is 4.90 Å². The molecule has 1 aliphatic rings. The Morgan fingerprint density at radius 1 is 1.25 bits per heavy atom. The molecule has 3 rings (SSSR count). The maximum absolute atomic E-state index is 6.49. The maximum Gasteiger partial charge on any atom is 0.0577 e. The van der Waals surface area contributed by atoms with Crippen LogP contribution in [0.5, 0.6) is 0 Å². The van der Waals surface area contributed by atoms with Crippen LogP contribution in [0.15, 0.2) is 30.3 Å². The van der Waals surface area contributed by atoms with E-state index >= 15 is 0 Å². The van der Waals surface area contributed by atoms with Crippen molar-refractivity contribution in [2.24, 2.45) is 0 Å². The zero-order chi connectivity index (χ0) is 13.4. The molecule has 0 N–H and O–H groups in total. The van der Waals surface area contributed by atoms with Crippen molar-refractivity contribution in [3.05, 3.63) is 56.2 Å². The van der Waals surface area contributed by atoms with Crippen LogP contribution in [0.25, 0.3) is 0 Å². The number of hydrogen-bond donors (Lipinski definition) is 0. The third-order valence-corrected chi connectivity index (χ3v) is 5.78. The first-order valence-corrected chi connectivity index (χ1v) is 7.87. The highest BCUT2D eigenvalue weighted by Gasteiger charge is 2.27. The van der Waals surface area contributed by atoms with Gasteiger partial charge in [0.05, 0.1) is 5.02 Å². The third-order valence-electron chi connectivity index (χ3n) is 3.89. The number of fused-ring (bicyclic) bond motifs is 1. The molecule has 2 aromatic rings. The van der Waals surface area contributed by atoms with E-state index < -0.39 is 0 Å². The lowest BCUT2D eigenvalue weighted by molar-refractivity contribution is 0.338. The molecule has 0 spiro atoms. The molecule has 0 saturated carbocycles. The monoisotopic (exact) mass is 327 g/mol. The minimum Gasteiger partial charge on any atom is -0.305 e. The summed E-state index contributed by atoms with van der Waals surface area (Å²) in [5, 5.41) is 0.997. The summed E-state index contributed by atoms with van der Waals surface area (Å²) < 4.78 is 0. The van der Waals surface area contributed by atoms with E-state index in [1.54, 1.807) is 0 Å². The molecule has 1 atom stereocenters. The summed E-state index contributed by atoms with van der Waals surface area (Å²) in [7, 11) is 2.20. The van der Waals surface area contributed by atoms with Gasteiger partial charge in [-0.3, -0.25) is 0 Å². The van der Waals surface area contributed by atoms with Crippen molar-refractivity contribution >= 4 is 35.3 Å². The van der Waals surface area contributed by atoms with Crippen LogP contribution in [0.2, 0.25) is 5.02 Å². The Bertz CT molecular complexity index is 580. The number of benzene rings is 1. The molecule has 108 valence electrons. The fraction of sp³-hybridized carbons (Fsp3) is 0.375. The number of likely N-dealkylation sites (N-methyl/N-ethyl adjacent to an activating group) is 1. The second-order valence-corrected chi connectivity index (χ2v) is 6.92. The fourth-order valence-electron chi connectivity index (χ4n) is 2.84. The zero-order valence-electron chi connectivity index (χ0n) is 11.7.